The van der Waals surface area contributed by atoms with Gasteiger partial charge in [-0.1, -0.05) is 11.6 Å². The molecule has 2 N–H and O–H groups in total. The van der Waals surface area contributed by atoms with Crippen LogP contribution in [-0.4, -0.2) is 27.5 Å². The Morgan fingerprint density at radius 2 is 2.26 bits per heavy atom. The highest BCUT2D eigenvalue weighted by Gasteiger charge is 2.17. The van der Waals surface area contributed by atoms with Crippen LogP contribution >= 0.6 is 27.5 Å². The number of hydrogen-bond donors (Lipinski definition) is 2. The molecule has 0 spiro atoms. The fourth-order valence-electron chi connectivity index (χ4n) is 2.10. The van der Waals surface area contributed by atoms with E-state index >= 15 is 0 Å². The second kappa shape index (κ2) is 6.54. The Balaban J connectivity index is 1.95. The van der Waals surface area contributed by atoms with Crippen molar-refractivity contribution in [1.29, 1.82) is 0 Å². The standard InChI is InChI=1S/C12H16BrClN2O2S/c13-11-8-10(3-4-12(11)14)19(17,18)16-7-5-9-2-1-6-15-9/h3-4,8-9,15-16H,1-2,5-7H2/t9-/m1/s1. The molecule has 1 saturated heterocycles. The summed E-state index contributed by atoms with van der Waals surface area (Å²) in [7, 11) is -3.46. The molecule has 7 heteroatoms. The van der Waals surface area contributed by atoms with Gasteiger partial charge in [0.25, 0.3) is 0 Å². The van der Waals surface area contributed by atoms with E-state index in [2.05, 4.69) is 26.0 Å². The number of rotatable bonds is 5. The first-order valence-corrected chi connectivity index (χ1v) is 8.82. The average molecular weight is 368 g/mol. The van der Waals surface area contributed by atoms with Crippen molar-refractivity contribution in [3.63, 3.8) is 0 Å². The number of hydrogen-bond acceptors (Lipinski definition) is 3. The smallest absolute Gasteiger partial charge is 0.240 e. The molecule has 1 aliphatic heterocycles. The van der Waals surface area contributed by atoms with Gasteiger partial charge in [-0.25, -0.2) is 13.1 Å². The first-order chi connectivity index (χ1) is 8.99. The van der Waals surface area contributed by atoms with E-state index < -0.39 is 10.0 Å². The lowest BCUT2D eigenvalue weighted by Gasteiger charge is -2.11. The van der Waals surface area contributed by atoms with Crippen LogP contribution in [0.5, 0.6) is 0 Å². The van der Waals surface area contributed by atoms with E-state index in [4.69, 9.17) is 11.6 Å². The van der Waals surface area contributed by atoms with E-state index in [-0.39, 0.29) is 4.90 Å². The van der Waals surface area contributed by atoms with Crippen LogP contribution in [0.2, 0.25) is 5.02 Å². The average Bonchev–Trinajstić information content (AvgIpc) is 2.85. The summed E-state index contributed by atoms with van der Waals surface area (Å²) in [6.07, 6.45) is 3.10. The van der Waals surface area contributed by atoms with Gasteiger partial charge < -0.3 is 5.32 Å². The van der Waals surface area contributed by atoms with Crippen LogP contribution in [0.1, 0.15) is 19.3 Å². The van der Waals surface area contributed by atoms with Crippen LogP contribution < -0.4 is 10.0 Å². The molecule has 2 rings (SSSR count). The highest BCUT2D eigenvalue weighted by molar-refractivity contribution is 9.10. The van der Waals surface area contributed by atoms with Gasteiger partial charge >= 0.3 is 0 Å². The molecule has 106 valence electrons. The van der Waals surface area contributed by atoms with Gasteiger partial charge in [-0.2, -0.15) is 0 Å². The normalized spacial score (nSPS) is 19.8. The Kier molecular flexibility index (Phi) is 5.25. The second-order valence-electron chi connectivity index (χ2n) is 4.56. The summed E-state index contributed by atoms with van der Waals surface area (Å²) < 4.78 is 27.3. The monoisotopic (exact) mass is 366 g/mol. The zero-order valence-corrected chi connectivity index (χ0v) is 13.5. The van der Waals surface area contributed by atoms with Gasteiger partial charge in [0.05, 0.1) is 9.92 Å². The van der Waals surface area contributed by atoms with Crippen LogP contribution in [0.3, 0.4) is 0 Å². The third-order valence-corrected chi connectivity index (χ3v) is 5.82. The first kappa shape index (κ1) is 15.3. The van der Waals surface area contributed by atoms with Gasteiger partial charge in [0, 0.05) is 17.1 Å². The maximum atomic E-state index is 12.1. The third-order valence-electron chi connectivity index (χ3n) is 3.15. The van der Waals surface area contributed by atoms with E-state index in [1.807, 2.05) is 0 Å². The topological polar surface area (TPSA) is 58.2 Å². The summed E-state index contributed by atoms with van der Waals surface area (Å²) in [5.74, 6) is 0. The van der Waals surface area contributed by atoms with Gasteiger partial charge in [0.15, 0.2) is 0 Å². The van der Waals surface area contributed by atoms with E-state index in [0.717, 1.165) is 19.4 Å². The van der Waals surface area contributed by atoms with Crippen molar-refractivity contribution in [3.8, 4) is 0 Å². The molecule has 1 heterocycles. The summed E-state index contributed by atoms with van der Waals surface area (Å²) in [6, 6.07) is 5.01. The largest absolute Gasteiger partial charge is 0.314 e. The summed E-state index contributed by atoms with van der Waals surface area (Å²) in [4.78, 5) is 0.225. The molecule has 0 aromatic heterocycles. The number of halogens is 2. The minimum absolute atomic E-state index is 0.225. The predicted octanol–water partition coefficient (Wildman–Crippen LogP) is 2.52. The molecule has 0 saturated carbocycles. The number of sulfonamides is 1. The summed E-state index contributed by atoms with van der Waals surface area (Å²) in [5, 5.41) is 3.83. The molecule has 1 fully saturated rings. The Bertz CT molecular complexity index is 545. The van der Waals surface area contributed by atoms with Crippen LogP contribution in [0.15, 0.2) is 27.6 Å². The quantitative estimate of drug-likeness (QED) is 0.841. The lowest BCUT2D eigenvalue weighted by molar-refractivity contribution is 0.539. The zero-order valence-electron chi connectivity index (χ0n) is 10.3. The minimum atomic E-state index is -3.46. The molecule has 0 bridgehead atoms. The molecule has 0 aliphatic carbocycles. The van der Waals surface area contributed by atoms with Crippen LogP contribution in [0.25, 0.3) is 0 Å². The van der Waals surface area contributed by atoms with E-state index in [9.17, 15) is 8.42 Å². The summed E-state index contributed by atoms with van der Waals surface area (Å²) in [6.45, 7) is 1.47. The van der Waals surface area contributed by atoms with Gasteiger partial charge in [-0.15, -0.1) is 0 Å². The number of nitrogens with one attached hydrogen (secondary N) is 2. The van der Waals surface area contributed by atoms with Gasteiger partial charge in [-0.05, 0) is 59.9 Å². The van der Waals surface area contributed by atoms with Crippen molar-refractivity contribution in [1.82, 2.24) is 10.0 Å². The minimum Gasteiger partial charge on any atom is -0.314 e. The fourth-order valence-corrected chi connectivity index (χ4v) is 3.82. The van der Waals surface area contributed by atoms with Gasteiger partial charge in [0.1, 0.15) is 0 Å². The molecular weight excluding hydrogens is 352 g/mol. The van der Waals surface area contributed by atoms with E-state index in [0.29, 0.717) is 22.1 Å². The molecule has 1 aromatic rings. The zero-order chi connectivity index (χ0) is 13.9. The third kappa shape index (κ3) is 4.16. The van der Waals surface area contributed by atoms with Crippen molar-refractivity contribution in [2.75, 3.05) is 13.1 Å². The van der Waals surface area contributed by atoms with Crippen LogP contribution in [-0.2, 0) is 10.0 Å². The summed E-state index contributed by atoms with van der Waals surface area (Å²) in [5.41, 5.74) is 0. The van der Waals surface area contributed by atoms with Gasteiger partial charge in [0.2, 0.25) is 10.0 Å². The molecule has 1 aromatic carbocycles. The molecule has 19 heavy (non-hydrogen) atoms. The highest BCUT2D eigenvalue weighted by Crippen LogP contribution is 2.25. The molecule has 1 aliphatic rings. The van der Waals surface area contributed by atoms with Crippen molar-refractivity contribution < 1.29 is 8.42 Å². The lowest BCUT2D eigenvalue weighted by Crippen LogP contribution is -2.30. The Morgan fingerprint density at radius 3 is 2.89 bits per heavy atom. The van der Waals surface area contributed by atoms with Crippen molar-refractivity contribution in [3.05, 3.63) is 27.7 Å². The Morgan fingerprint density at radius 1 is 1.47 bits per heavy atom. The Labute approximate surface area is 127 Å². The highest BCUT2D eigenvalue weighted by atomic mass is 79.9. The van der Waals surface area contributed by atoms with E-state index in [1.54, 1.807) is 6.07 Å². The predicted molar refractivity (Wildman–Crippen MR) is 80.0 cm³/mol. The van der Waals surface area contributed by atoms with Gasteiger partial charge in [-0.3, -0.25) is 0 Å². The molecule has 0 radical (unpaired) electrons. The molecule has 1 atom stereocenters. The lowest BCUT2D eigenvalue weighted by atomic mass is 10.2. The molecular formula is C12H16BrClN2O2S. The fraction of sp³-hybridized carbons (Fsp3) is 0.500. The summed E-state index contributed by atoms with van der Waals surface area (Å²) >= 11 is 9.08. The molecule has 4 nitrogen and oxygen atoms in total. The van der Waals surface area contributed by atoms with Crippen molar-refractivity contribution in [2.24, 2.45) is 0 Å². The number of benzene rings is 1. The van der Waals surface area contributed by atoms with E-state index in [1.165, 1.54) is 18.6 Å². The maximum Gasteiger partial charge on any atom is 0.240 e. The Hall–Kier alpha value is -0.140. The maximum absolute atomic E-state index is 12.1. The second-order valence-corrected chi connectivity index (χ2v) is 7.58. The first-order valence-electron chi connectivity index (χ1n) is 6.17. The van der Waals surface area contributed by atoms with Crippen molar-refractivity contribution in [2.45, 2.75) is 30.2 Å². The molecule has 0 amide bonds. The SMILES string of the molecule is O=S(=O)(NCC[C@H]1CCCN1)c1ccc(Cl)c(Br)c1. The molecule has 0 unspecified atom stereocenters. The van der Waals surface area contributed by atoms with Crippen LogP contribution in [0, 0.1) is 0 Å². The van der Waals surface area contributed by atoms with Crippen LogP contribution in [0.4, 0.5) is 0 Å². The van der Waals surface area contributed by atoms with Crippen molar-refractivity contribution >= 4 is 37.6 Å².